The summed E-state index contributed by atoms with van der Waals surface area (Å²) in [6, 6.07) is 9.79. The van der Waals surface area contributed by atoms with Crippen molar-refractivity contribution in [2.75, 3.05) is 0 Å². The van der Waals surface area contributed by atoms with Crippen molar-refractivity contribution in [1.29, 1.82) is 5.26 Å². The van der Waals surface area contributed by atoms with E-state index in [1.807, 2.05) is 31.2 Å². The van der Waals surface area contributed by atoms with E-state index in [0.29, 0.717) is 5.56 Å². The first-order valence-electron chi connectivity index (χ1n) is 4.32. The zero-order valence-electron chi connectivity index (χ0n) is 7.78. The topological polar surface area (TPSA) is 52.5 Å². The van der Waals surface area contributed by atoms with Crippen LogP contribution in [-0.4, -0.2) is 10.2 Å². The normalized spacial score (nSPS) is 9.71. The van der Waals surface area contributed by atoms with Gasteiger partial charge in [0.05, 0.1) is 17.3 Å². The number of nitriles is 1. The maximum atomic E-state index is 8.86. The van der Waals surface area contributed by atoms with Gasteiger partial charge in [0, 0.05) is 11.8 Å². The number of benzene rings is 1. The van der Waals surface area contributed by atoms with E-state index in [9.17, 15) is 0 Å². The molecule has 0 aliphatic heterocycles. The van der Waals surface area contributed by atoms with E-state index in [0.717, 1.165) is 16.8 Å². The lowest BCUT2D eigenvalue weighted by molar-refractivity contribution is 1.09. The number of rotatable bonds is 1. The number of nitrogens with one attached hydrogen (secondary N) is 1. The van der Waals surface area contributed by atoms with Crippen molar-refractivity contribution in [3.63, 3.8) is 0 Å². The molecule has 2 aromatic rings. The quantitative estimate of drug-likeness (QED) is 0.737. The summed E-state index contributed by atoms with van der Waals surface area (Å²) in [7, 11) is 0. The monoisotopic (exact) mass is 183 g/mol. The summed E-state index contributed by atoms with van der Waals surface area (Å²) in [6.45, 7) is 1.92. The lowest BCUT2D eigenvalue weighted by atomic mass is 10.0. The van der Waals surface area contributed by atoms with E-state index < -0.39 is 0 Å². The molecule has 1 N–H and O–H groups in total. The van der Waals surface area contributed by atoms with Crippen LogP contribution in [0.2, 0.25) is 0 Å². The van der Waals surface area contributed by atoms with Gasteiger partial charge in [0.2, 0.25) is 0 Å². The SMILES string of the molecule is Cc1ccc(-c2cc[nH]n2)cc1C#N. The van der Waals surface area contributed by atoms with Crippen LogP contribution < -0.4 is 0 Å². The highest BCUT2D eigenvalue weighted by atomic mass is 15.1. The third-order valence-electron chi connectivity index (χ3n) is 2.15. The second kappa shape index (κ2) is 3.35. The molecule has 0 saturated heterocycles. The van der Waals surface area contributed by atoms with Crippen LogP contribution in [0.3, 0.4) is 0 Å². The van der Waals surface area contributed by atoms with E-state index in [4.69, 9.17) is 5.26 Å². The Morgan fingerprint density at radius 2 is 2.21 bits per heavy atom. The number of H-pyrrole nitrogens is 1. The Morgan fingerprint density at radius 1 is 1.36 bits per heavy atom. The number of aromatic nitrogens is 2. The van der Waals surface area contributed by atoms with Crippen LogP contribution in [0.4, 0.5) is 0 Å². The molecule has 0 spiro atoms. The molecule has 14 heavy (non-hydrogen) atoms. The second-order valence-electron chi connectivity index (χ2n) is 3.10. The predicted octanol–water partition coefficient (Wildman–Crippen LogP) is 2.26. The van der Waals surface area contributed by atoms with Gasteiger partial charge in [-0.1, -0.05) is 12.1 Å². The lowest BCUT2D eigenvalue weighted by Crippen LogP contribution is -1.84. The van der Waals surface area contributed by atoms with Crippen LogP contribution in [0.5, 0.6) is 0 Å². The van der Waals surface area contributed by atoms with E-state index in [-0.39, 0.29) is 0 Å². The van der Waals surface area contributed by atoms with E-state index >= 15 is 0 Å². The van der Waals surface area contributed by atoms with Gasteiger partial charge in [-0.2, -0.15) is 10.4 Å². The van der Waals surface area contributed by atoms with E-state index in [1.165, 1.54) is 0 Å². The fraction of sp³-hybridized carbons (Fsp3) is 0.0909. The van der Waals surface area contributed by atoms with Gasteiger partial charge in [0.1, 0.15) is 0 Å². The molecule has 0 atom stereocenters. The van der Waals surface area contributed by atoms with Gasteiger partial charge in [-0.15, -0.1) is 0 Å². The van der Waals surface area contributed by atoms with E-state index in [2.05, 4.69) is 16.3 Å². The van der Waals surface area contributed by atoms with Gasteiger partial charge in [-0.3, -0.25) is 5.10 Å². The standard InChI is InChI=1S/C11H9N3/c1-8-2-3-9(6-10(8)7-12)11-4-5-13-14-11/h2-6H,1H3,(H,13,14). The Bertz CT molecular complexity index is 478. The molecule has 1 aromatic heterocycles. The van der Waals surface area contributed by atoms with Gasteiger partial charge in [0.15, 0.2) is 0 Å². The first-order chi connectivity index (χ1) is 6.81. The smallest absolute Gasteiger partial charge is 0.0994 e. The highest BCUT2D eigenvalue weighted by Crippen LogP contribution is 2.19. The molecule has 0 radical (unpaired) electrons. The van der Waals surface area contributed by atoms with Crippen LogP contribution in [-0.2, 0) is 0 Å². The van der Waals surface area contributed by atoms with Gasteiger partial charge >= 0.3 is 0 Å². The summed E-state index contributed by atoms with van der Waals surface area (Å²) in [5, 5.41) is 15.7. The Kier molecular flexibility index (Phi) is 2.04. The number of nitrogens with zero attached hydrogens (tertiary/aromatic N) is 2. The van der Waals surface area contributed by atoms with Crippen LogP contribution in [0.25, 0.3) is 11.3 Å². The third kappa shape index (κ3) is 1.38. The molecule has 3 nitrogen and oxygen atoms in total. The highest BCUT2D eigenvalue weighted by Gasteiger charge is 2.02. The molecule has 2 rings (SSSR count). The van der Waals surface area contributed by atoms with Gasteiger partial charge in [-0.05, 0) is 24.6 Å². The molecule has 68 valence electrons. The lowest BCUT2D eigenvalue weighted by Gasteiger charge is -1.99. The molecule has 1 heterocycles. The molecule has 0 unspecified atom stereocenters. The van der Waals surface area contributed by atoms with Crippen molar-refractivity contribution >= 4 is 0 Å². The van der Waals surface area contributed by atoms with Crippen molar-refractivity contribution < 1.29 is 0 Å². The van der Waals surface area contributed by atoms with Crippen LogP contribution in [0.1, 0.15) is 11.1 Å². The minimum Gasteiger partial charge on any atom is -0.285 e. The molecule has 0 aliphatic carbocycles. The van der Waals surface area contributed by atoms with Gasteiger partial charge < -0.3 is 0 Å². The van der Waals surface area contributed by atoms with Crippen LogP contribution >= 0.6 is 0 Å². The molecule has 1 aromatic carbocycles. The molecular formula is C11H9N3. The molecule has 0 amide bonds. The largest absolute Gasteiger partial charge is 0.285 e. The molecule has 0 fully saturated rings. The summed E-state index contributed by atoms with van der Waals surface area (Å²) < 4.78 is 0. The molecule has 0 bridgehead atoms. The Hall–Kier alpha value is -2.08. The molecular weight excluding hydrogens is 174 g/mol. The van der Waals surface area contributed by atoms with Crippen molar-refractivity contribution in [1.82, 2.24) is 10.2 Å². The summed E-state index contributed by atoms with van der Waals surface area (Å²) in [5.41, 5.74) is 3.52. The number of aromatic amines is 1. The Labute approximate surface area is 82.0 Å². The van der Waals surface area contributed by atoms with Crippen LogP contribution in [0.15, 0.2) is 30.5 Å². The summed E-state index contributed by atoms with van der Waals surface area (Å²) in [6.07, 6.45) is 1.77. The summed E-state index contributed by atoms with van der Waals surface area (Å²) >= 11 is 0. The Morgan fingerprint density at radius 3 is 2.86 bits per heavy atom. The van der Waals surface area contributed by atoms with Gasteiger partial charge in [-0.25, -0.2) is 0 Å². The van der Waals surface area contributed by atoms with Gasteiger partial charge in [0.25, 0.3) is 0 Å². The number of hydrogen-bond donors (Lipinski definition) is 1. The molecule has 3 heteroatoms. The van der Waals surface area contributed by atoms with Crippen molar-refractivity contribution in [2.24, 2.45) is 0 Å². The summed E-state index contributed by atoms with van der Waals surface area (Å²) in [5.74, 6) is 0. The zero-order valence-corrected chi connectivity index (χ0v) is 7.78. The number of aryl methyl sites for hydroxylation is 1. The first-order valence-corrected chi connectivity index (χ1v) is 4.32. The molecule has 0 aliphatic rings. The summed E-state index contributed by atoms with van der Waals surface area (Å²) in [4.78, 5) is 0. The van der Waals surface area contributed by atoms with Crippen molar-refractivity contribution in [3.05, 3.63) is 41.6 Å². The van der Waals surface area contributed by atoms with Crippen molar-refractivity contribution in [3.8, 4) is 17.3 Å². The fourth-order valence-corrected chi connectivity index (χ4v) is 1.32. The maximum Gasteiger partial charge on any atom is 0.0994 e. The third-order valence-corrected chi connectivity index (χ3v) is 2.15. The van der Waals surface area contributed by atoms with Crippen molar-refractivity contribution in [2.45, 2.75) is 6.92 Å². The minimum atomic E-state index is 0.700. The predicted molar refractivity (Wildman–Crippen MR) is 53.5 cm³/mol. The second-order valence-corrected chi connectivity index (χ2v) is 3.10. The fourth-order valence-electron chi connectivity index (χ4n) is 1.32. The minimum absolute atomic E-state index is 0.700. The average Bonchev–Trinajstić information content (AvgIpc) is 2.71. The highest BCUT2D eigenvalue weighted by molar-refractivity contribution is 5.62. The number of hydrogen-bond acceptors (Lipinski definition) is 2. The molecule has 0 saturated carbocycles. The first kappa shape index (κ1) is 8.52. The van der Waals surface area contributed by atoms with Crippen LogP contribution in [0, 0.1) is 18.3 Å². The average molecular weight is 183 g/mol. The maximum absolute atomic E-state index is 8.86. The zero-order chi connectivity index (χ0) is 9.97. The Balaban J connectivity index is 2.53. The van der Waals surface area contributed by atoms with E-state index in [1.54, 1.807) is 6.20 Å².